The Kier molecular flexibility index (Phi) is 64.7. The maximum absolute atomic E-state index is 12.9. The summed E-state index contributed by atoms with van der Waals surface area (Å²) in [6.07, 6.45) is 87.7. The molecule has 0 aliphatic heterocycles. The number of carbonyl (C=O) groups is 3. The lowest BCUT2D eigenvalue weighted by molar-refractivity contribution is -0.167. The van der Waals surface area contributed by atoms with Gasteiger partial charge in [0.15, 0.2) is 6.10 Å². The molecule has 0 amide bonds. The van der Waals surface area contributed by atoms with E-state index < -0.39 is 6.10 Å². The maximum Gasteiger partial charge on any atom is 0.306 e. The fraction of sp³-hybridized carbons (Fsp3) is 0.795. The van der Waals surface area contributed by atoms with Gasteiger partial charge in [-0.15, -0.1) is 0 Å². The molecule has 458 valence electrons. The van der Waals surface area contributed by atoms with E-state index in [1.54, 1.807) is 0 Å². The minimum absolute atomic E-state index is 0.0796. The predicted molar refractivity (Wildman–Crippen MR) is 344 cm³/mol. The molecule has 0 aromatic carbocycles. The lowest BCUT2D eigenvalue weighted by Crippen LogP contribution is -2.30. The lowest BCUT2D eigenvalue weighted by Gasteiger charge is -2.18. The molecule has 0 saturated carbocycles. The van der Waals surface area contributed by atoms with Gasteiger partial charge < -0.3 is 14.2 Å². The van der Waals surface area contributed by atoms with E-state index in [0.29, 0.717) is 19.3 Å². The average Bonchev–Trinajstić information content (AvgIpc) is 3.45. The number of rotatable bonds is 63. The van der Waals surface area contributed by atoms with Crippen LogP contribution in [0.25, 0.3) is 0 Å². The zero-order chi connectivity index (χ0) is 57.1. The number of carbonyl (C=O) groups excluding carboxylic acids is 3. The van der Waals surface area contributed by atoms with Crippen molar-refractivity contribution < 1.29 is 28.6 Å². The molecule has 79 heavy (non-hydrogen) atoms. The molecule has 0 aromatic heterocycles. The fourth-order valence-corrected chi connectivity index (χ4v) is 9.95. The van der Waals surface area contributed by atoms with E-state index in [0.717, 1.165) is 89.9 Å². The Balaban J connectivity index is 4.31. The Morgan fingerprint density at radius 3 is 0.747 bits per heavy atom. The summed E-state index contributed by atoms with van der Waals surface area (Å²) in [6.45, 7) is 6.63. The summed E-state index contributed by atoms with van der Waals surface area (Å²) in [5.74, 6) is -0.880. The van der Waals surface area contributed by atoms with Gasteiger partial charge in [0.05, 0.1) is 0 Å². The van der Waals surface area contributed by atoms with Crippen LogP contribution >= 0.6 is 0 Å². The van der Waals surface area contributed by atoms with Crippen molar-refractivity contribution >= 4 is 17.9 Å². The molecule has 0 N–H and O–H groups in total. The molecular formula is C73H130O6. The summed E-state index contributed by atoms with van der Waals surface area (Å²) in [4.78, 5) is 38.4. The summed E-state index contributed by atoms with van der Waals surface area (Å²) >= 11 is 0. The Bertz CT molecular complexity index is 1450. The van der Waals surface area contributed by atoms with Crippen LogP contribution in [0.2, 0.25) is 0 Å². The summed E-state index contributed by atoms with van der Waals surface area (Å²) in [6, 6.07) is 0. The minimum atomic E-state index is -0.784. The molecule has 0 rings (SSSR count). The van der Waals surface area contributed by atoms with Crippen LogP contribution in [0.15, 0.2) is 72.9 Å². The zero-order valence-electron chi connectivity index (χ0n) is 52.6. The van der Waals surface area contributed by atoms with E-state index in [1.165, 1.54) is 225 Å². The molecule has 0 heterocycles. The molecule has 1 unspecified atom stereocenters. The van der Waals surface area contributed by atoms with Crippen molar-refractivity contribution in [3.8, 4) is 0 Å². The maximum atomic E-state index is 12.9. The van der Waals surface area contributed by atoms with E-state index >= 15 is 0 Å². The number of ether oxygens (including phenoxy) is 3. The van der Waals surface area contributed by atoms with Gasteiger partial charge in [0.25, 0.3) is 0 Å². The standard InChI is InChI=1S/C73H130O6/c1-4-7-10-13-16-19-22-25-28-30-32-33-34-35-36-37-38-39-41-42-45-48-51-54-57-60-63-66-72(75)78-69-70(68-77-71(74)65-62-59-56-53-50-47-44-27-24-21-18-15-12-9-6-3)79-73(76)67-64-61-58-55-52-49-46-43-40-31-29-26-23-20-17-14-11-8-5-2/h18,21-22,25-27,29-30,32,34-35,44,70H,4-17,19-20,23-24,28,31,33,36-43,45-69H2,1-3H3/b21-18-,25-22-,29-26-,32-30-,35-34-,44-27-. The highest BCUT2D eigenvalue weighted by atomic mass is 16.6. The molecule has 6 heteroatoms. The normalized spacial score (nSPS) is 12.5. The van der Waals surface area contributed by atoms with E-state index in [4.69, 9.17) is 14.2 Å². The van der Waals surface area contributed by atoms with Crippen molar-refractivity contribution in [3.63, 3.8) is 0 Å². The highest BCUT2D eigenvalue weighted by Crippen LogP contribution is 2.17. The smallest absolute Gasteiger partial charge is 0.306 e. The third-order valence-corrected chi connectivity index (χ3v) is 15.2. The predicted octanol–water partition coefficient (Wildman–Crippen LogP) is 23.7. The van der Waals surface area contributed by atoms with Crippen LogP contribution in [0.5, 0.6) is 0 Å². The molecule has 0 aromatic rings. The minimum Gasteiger partial charge on any atom is -0.462 e. The summed E-state index contributed by atoms with van der Waals surface area (Å²) in [5.41, 5.74) is 0. The number of unbranched alkanes of at least 4 members (excludes halogenated alkanes) is 40. The summed E-state index contributed by atoms with van der Waals surface area (Å²) in [5, 5.41) is 0. The first-order valence-corrected chi connectivity index (χ1v) is 34.4. The van der Waals surface area contributed by atoms with Gasteiger partial charge in [-0.05, 0) is 116 Å². The van der Waals surface area contributed by atoms with Crippen molar-refractivity contribution in [2.24, 2.45) is 0 Å². The van der Waals surface area contributed by atoms with E-state index in [1.807, 2.05) is 0 Å². The van der Waals surface area contributed by atoms with Gasteiger partial charge >= 0.3 is 17.9 Å². The van der Waals surface area contributed by atoms with Gasteiger partial charge in [0.2, 0.25) is 0 Å². The van der Waals surface area contributed by atoms with Gasteiger partial charge in [-0.3, -0.25) is 14.4 Å². The SMILES string of the molecule is CCCCC/C=C\C/C=C\CCCCCCCC(=O)OCC(COC(=O)CCCCCCCCCCCCCC/C=C\C/C=C\C/C=C\CCCCCCC)OC(=O)CCCCCCCCCCC/C=C\CCCCCCCC. The van der Waals surface area contributed by atoms with E-state index in [9.17, 15) is 14.4 Å². The van der Waals surface area contributed by atoms with E-state index in [2.05, 4.69) is 93.7 Å². The lowest BCUT2D eigenvalue weighted by atomic mass is 10.0. The Morgan fingerprint density at radius 2 is 0.456 bits per heavy atom. The molecule has 0 aliphatic rings. The molecule has 0 fully saturated rings. The van der Waals surface area contributed by atoms with Crippen molar-refractivity contribution in [2.45, 2.75) is 361 Å². The van der Waals surface area contributed by atoms with Crippen LogP contribution in [-0.2, 0) is 28.6 Å². The van der Waals surface area contributed by atoms with Gasteiger partial charge in [0, 0.05) is 19.3 Å². The van der Waals surface area contributed by atoms with Crippen molar-refractivity contribution in [3.05, 3.63) is 72.9 Å². The zero-order valence-corrected chi connectivity index (χ0v) is 52.6. The summed E-state index contributed by atoms with van der Waals surface area (Å²) < 4.78 is 17.0. The number of hydrogen-bond donors (Lipinski definition) is 0. The third kappa shape index (κ3) is 65.5. The van der Waals surface area contributed by atoms with Crippen LogP contribution in [0, 0.1) is 0 Å². The Morgan fingerprint density at radius 1 is 0.253 bits per heavy atom. The second-order valence-electron chi connectivity index (χ2n) is 23.1. The molecule has 6 nitrogen and oxygen atoms in total. The van der Waals surface area contributed by atoms with Gasteiger partial charge in [-0.2, -0.15) is 0 Å². The second-order valence-corrected chi connectivity index (χ2v) is 23.1. The van der Waals surface area contributed by atoms with Crippen LogP contribution < -0.4 is 0 Å². The first-order chi connectivity index (χ1) is 39.0. The number of esters is 3. The topological polar surface area (TPSA) is 78.9 Å². The van der Waals surface area contributed by atoms with Crippen LogP contribution in [-0.4, -0.2) is 37.2 Å². The molecular weight excluding hydrogens is 973 g/mol. The Labute approximate surface area is 491 Å². The van der Waals surface area contributed by atoms with Gasteiger partial charge in [-0.25, -0.2) is 0 Å². The molecule has 0 radical (unpaired) electrons. The molecule has 0 saturated heterocycles. The van der Waals surface area contributed by atoms with Gasteiger partial charge in [-0.1, -0.05) is 293 Å². The Hall–Kier alpha value is -3.15. The van der Waals surface area contributed by atoms with Crippen LogP contribution in [0.1, 0.15) is 355 Å². The number of hydrogen-bond acceptors (Lipinski definition) is 6. The highest BCUT2D eigenvalue weighted by Gasteiger charge is 2.19. The quantitative estimate of drug-likeness (QED) is 0.0261. The first kappa shape index (κ1) is 75.8. The van der Waals surface area contributed by atoms with Crippen LogP contribution in [0.3, 0.4) is 0 Å². The van der Waals surface area contributed by atoms with Gasteiger partial charge in [0.1, 0.15) is 13.2 Å². The van der Waals surface area contributed by atoms with Crippen molar-refractivity contribution in [2.75, 3.05) is 13.2 Å². The van der Waals surface area contributed by atoms with Crippen molar-refractivity contribution in [1.29, 1.82) is 0 Å². The third-order valence-electron chi connectivity index (χ3n) is 15.2. The number of allylic oxidation sites excluding steroid dienone is 12. The highest BCUT2D eigenvalue weighted by molar-refractivity contribution is 5.71. The van der Waals surface area contributed by atoms with Crippen LogP contribution in [0.4, 0.5) is 0 Å². The van der Waals surface area contributed by atoms with Crippen molar-refractivity contribution in [1.82, 2.24) is 0 Å². The monoisotopic (exact) mass is 1100 g/mol. The summed E-state index contributed by atoms with van der Waals surface area (Å²) in [7, 11) is 0. The fourth-order valence-electron chi connectivity index (χ4n) is 9.95. The molecule has 0 spiro atoms. The second kappa shape index (κ2) is 67.4. The average molecular weight is 1100 g/mol. The van der Waals surface area contributed by atoms with E-state index in [-0.39, 0.29) is 31.1 Å². The molecule has 0 bridgehead atoms. The largest absolute Gasteiger partial charge is 0.462 e. The molecule has 1 atom stereocenters. The first-order valence-electron chi connectivity index (χ1n) is 34.4. The molecule has 0 aliphatic carbocycles.